The highest BCUT2D eigenvalue weighted by Gasteiger charge is 2.10. The summed E-state index contributed by atoms with van der Waals surface area (Å²) in [5.41, 5.74) is 2.35. The smallest absolute Gasteiger partial charge is 0.338 e. The Bertz CT molecular complexity index is 643. The summed E-state index contributed by atoms with van der Waals surface area (Å²) >= 11 is 3.43. The lowest BCUT2D eigenvalue weighted by atomic mass is 10.1. The van der Waals surface area contributed by atoms with E-state index in [1.54, 1.807) is 13.2 Å². The predicted octanol–water partition coefficient (Wildman–Crippen LogP) is 3.86. The molecule has 0 saturated heterocycles. The first-order valence-corrected chi connectivity index (χ1v) is 7.18. The lowest BCUT2D eigenvalue weighted by Crippen LogP contribution is -2.09. The van der Waals surface area contributed by atoms with Crippen molar-refractivity contribution in [3.05, 3.63) is 58.1 Å². The number of esters is 1. The fraction of sp³-hybridized carbons (Fsp3) is 0.188. The van der Waals surface area contributed by atoms with Crippen molar-refractivity contribution in [1.82, 2.24) is 0 Å². The fourth-order valence-corrected chi connectivity index (χ4v) is 2.44. The molecular weight excluding hydrogens is 334 g/mol. The summed E-state index contributed by atoms with van der Waals surface area (Å²) in [7, 11) is 3.00. The molecule has 0 heterocycles. The minimum absolute atomic E-state index is 0.334. The molecule has 2 aromatic rings. The Kier molecular flexibility index (Phi) is 5.22. The van der Waals surface area contributed by atoms with Gasteiger partial charge >= 0.3 is 5.97 Å². The molecule has 0 bridgehead atoms. The minimum atomic E-state index is -0.334. The Morgan fingerprint density at radius 3 is 2.67 bits per heavy atom. The van der Waals surface area contributed by atoms with Crippen molar-refractivity contribution in [2.45, 2.75) is 6.54 Å². The van der Waals surface area contributed by atoms with E-state index in [0.717, 1.165) is 21.5 Å². The summed E-state index contributed by atoms with van der Waals surface area (Å²) in [5.74, 6) is 0.423. The van der Waals surface area contributed by atoms with Crippen LogP contribution in [0.5, 0.6) is 5.75 Å². The van der Waals surface area contributed by atoms with Crippen LogP contribution in [0.2, 0.25) is 0 Å². The number of carbonyl (C=O) groups excluding carboxylic acids is 1. The summed E-state index contributed by atoms with van der Waals surface area (Å²) in [4.78, 5) is 11.7. The van der Waals surface area contributed by atoms with Gasteiger partial charge in [-0.05, 0) is 23.8 Å². The number of anilines is 1. The van der Waals surface area contributed by atoms with Gasteiger partial charge in [-0.15, -0.1) is 0 Å². The second-order valence-corrected chi connectivity index (χ2v) is 5.30. The van der Waals surface area contributed by atoms with Gasteiger partial charge in [-0.2, -0.15) is 0 Å². The van der Waals surface area contributed by atoms with Gasteiger partial charge in [0.15, 0.2) is 0 Å². The van der Waals surface area contributed by atoms with Crippen molar-refractivity contribution in [2.24, 2.45) is 0 Å². The number of rotatable bonds is 5. The van der Waals surface area contributed by atoms with Crippen molar-refractivity contribution in [3.63, 3.8) is 0 Å². The molecule has 2 rings (SSSR count). The SMILES string of the molecule is COC(=O)c1ccccc1CNc1cc(Br)cc(OC)c1. The number of hydrogen-bond donors (Lipinski definition) is 1. The van der Waals surface area contributed by atoms with Crippen molar-refractivity contribution in [2.75, 3.05) is 19.5 Å². The Morgan fingerprint density at radius 1 is 1.19 bits per heavy atom. The van der Waals surface area contributed by atoms with E-state index in [0.29, 0.717) is 12.1 Å². The molecule has 0 aliphatic rings. The molecule has 0 amide bonds. The van der Waals surface area contributed by atoms with Crippen LogP contribution in [0.4, 0.5) is 5.69 Å². The topological polar surface area (TPSA) is 47.6 Å². The minimum Gasteiger partial charge on any atom is -0.497 e. The summed E-state index contributed by atoms with van der Waals surface area (Å²) in [6, 6.07) is 13.1. The largest absolute Gasteiger partial charge is 0.497 e. The lowest BCUT2D eigenvalue weighted by molar-refractivity contribution is 0.0599. The fourth-order valence-electron chi connectivity index (χ4n) is 1.96. The first kappa shape index (κ1) is 15.4. The van der Waals surface area contributed by atoms with Crippen LogP contribution in [0.1, 0.15) is 15.9 Å². The molecule has 110 valence electrons. The number of carbonyl (C=O) groups is 1. The zero-order chi connectivity index (χ0) is 15.2. The zero-order valence-corrected chi connectivity index (χ0v) is 13.4. The van der Waals surface area contributed by atoms with E-state index < -0.39 is 0 Å². The first-order chi connectivity index (χ1) is 10.1. The van der Waals surface area contributed by atoms with E-state index in [9.17, 15) is 4.79 Å². The summed E-state index contributed by atoms with van der Waals surface area (Å²) < 4.78 is 10.9. The Balaban J connectivity index is 2.17. The molecule has 0 aromatic heterocycles. The van der Waals surface area contributed by atoms with Crippen molar-refractivity contribution in [3.8, 4) is 5.75 Å². The number of halogens is 1. The van der Waals surface area contributed by atoms with Gasteiger partial charge in [0.25, 0.3) is 0 Å². The van der Waals surface area contributed by atoms with E-state index in [1.165, 1.54) is 7.11 Å². The molecule has 5 heteroatoms. The number of hydrogen-bond acceptors (Lipinski definition) is 4. The second kappa shape index (κ2) is 7.13. The van der Waals surface area contributed by atoms with Crippen LogP contribution in [0.3, 0.4) is 0 Å². The van der Waals surface area contributed by atoms with Crippen LogP contribution >= 0.6 is 15.9 Å². The van der Waals surface area contributed by atoms with Crippen molar-refractivity contribution in [1.29, 1.82) is 0 Å². The van der Waals surface area contributed by atoms with Crippen LogP contribution in [0, 0.1) is 0 Å². The summed E-state index contributed by atoms with van der Waals surface area (Å²) in [6.45, 7) is 0.519. The average molecular weight is 350 g/mol. The number of methoxy groups -OCH3 is 2. The molecule has 0 atom stereocenters. The van der Waals surface area contributed by atoms with E-state index in [4.69, 9.17) is 9.47 Å². The molecule has 2 aromatic carbocycles. The first-order valence-electron chi connectivity index (χ1n) is 6.38. The normalized spacial score (nSPS) is 10.0. The third-order valence-electron chi connectivity index (χ3n) is 3.01. The van der Waals surface area contributed by atoms with Crippen LogP contribution in [-0.4, -0.2) is 20.2 Å². The maximum absolute atomic E-state index is 11.7. The van der Waals surface area contributed by atoms with Gasteiger partial charge in [-0.3, -0.25) is 0 Å². The van der Waals surface area contributed by atoms with Gasteiger partial charge < -0.3 is 14.8 Å². The monoisotopic (exact) mass is 349 g/mol. The standard InChI is InChI=1S/C16H16BrNO3/c1-20-14-8-12(17)7-13(9-14)18-10-11-5-3-4-6-15(11)16(19)21-2/h3-9,18H,10H2,1-2H3. The van der Waals surface area contributed by atoms with E-state index >= 15 is 0 Å². The van der Waals surface area contributed by atoms with E-state index in [-0.39, 0.29) is 5.97 Å². The highest BCUT2D eigenvalue weighted by Crippen LogP contribution is 2.25. The maximum Gasteiger partial charge on any atom is 0.338 e. The highest BCUT2D eigenvalue weighted by molar-refractivity contribution is 9.10. The second-order valence-electron chi connectivity index (χ2n) is 4.38. The maximum atomic E-state index is 11.7. The lowest BCUT2D eigenvalue weighted by Gasteiger charge is -2.11. The van der Waals surface area contributed by atoms with Gasteiger partial charge in [-0.25, -0.2) is 4.79 Å². The summed E-state index contributed by atoms with van der Waals surface area (Å²) in [5, 5.41) is 3.28. The third kappa shape index (κ3) is 3.98. The van der Waals surface area contributed by atoms with Crippen LogP contribution in [0.25, 0.3) is 0 Å². The van der Waals surface area contributed by atoms with Gasteiger partial charge in [0.1, 0.15) is 5.75 Å². The Hall–Kier alpha value is -2.01. The van der Waals surface area contributed by atoms with Gasteiger partial charge in [-0.1, -0.05) is 34.1 Å². The zero-order valence-electron chi connectivity index (χ0n) is 11.9. The quantitative estimate of drug-likeness (QED) is 0.832. The Labute approximate surface area is 132 Å². The molecule has 0 radical (unpaired) electrons. The highest BCUT2D eigenvalue weighted by atomic mass is 79.9. The molecule has 4 nitrogen and oxygen atoms in total. The number of nitrogens with one attached hydrogen (secondary N) is 1. The van der Waals surface area contributed by atoms with Crippen LogP contribution in [0.15, 0.2) is 46.9 Å². The molecule has 0 saturated carbocycles. The van der Waals surface area contributed by atoms with Gasteiger partial charge in [0.2, 0.25) is 0 Å². The molecule has 0 unspecified atom stereocenters. The van der Waals surface area contributed by atoms with Gasteiger partial charge in [0.05, 0.1) is 19.8 Å². The van der Waals surface area contributed by atoms with Crippen molar-refractivity contribution >= 4 is 27.6 Å². The van der Waals surface area contributed by atoms with Crippen LogP contribution < -0.4 is 10.1 Å². The molecule has 0 aliphatic carbocycles. The molecule has 0 spiro atoms. The van der Waals surface area contributed by atoms with E-state index in [2.05, 4.69) is 21.2 Å². The predicted molar refractivity (Wildman–Crippen MR) is 85.8 cm³/mol. The number of ether oxygens (including phenoxy) is 2. The number of benzene rings is 2. The van der Waals surface area contributed by atoms with Crippen LogP contribution in [-0.2, 0) is 11.3 Å². The van der Waals surface area contributed by atoms with Gasteiger partial charge in [0, 0.05) is 22.8 Å². The molecular formula is C16H16BrNO3. The molecule has 1 N–H and O–H groups in total. The molecule has 0 aliphatic heterocycles. The Morgan fingerprint density at radius 2 is 1.95 bits per heavy atom. The average Bonchev–Trinajstić information content (AvgIpc) is 2.51. The van der Waals surface area contributed by atoms with E-state index in [1.807, 2.05) is 36.4 Å². The summed E-state index contributed by atoms with van der Waals surface area (Å²) in [6.07, 6.45) is 0. The van der Waals surface area contributed by atoms with Crippen molar-refractivity contribution < 1.29 is 14.3 Å². The third-order valence-corrected chi connectivity index (χ3v) is 3.47. The molecule has 0 fully saturated rings. The molecule has 21 heavy (non-hydrogen) atoms.